The summed E-state index contributed by atoms with van der Waals surface area (Å²) < 4.78 is 0. The first-order valence-corrected chi connectivity index (χ1v) is 7.12. The maximum Gasteiger partial charge on any atom is 0.0447 e. The van der Waals surface area contributed by atoms with E-state index in [4.69, 9.17) is 0 Å². The highest BCUT2D eigenvalue weighted by atomic mass is 15.2. The molecule has 0 bridgehead atoms. The minimum absolute atomic E-state index is 0.650. The number of hydrogen-bond donors (Lipinski definition) is 1. The summed E-state index contributed by atoms with van der Waals surface area (Å²) in [7, 11) is 0. The highest BCUT2D eigenvalue weighted by Crippen LogP contribution is 2.36. The number of anilines is 1. The second-order valence-electron chi connectivity index (χ2n) is 4.72. The fourth-order valence-corrected chi connectivity index (χ4v) is 2.89. The second-order valence-corrected chi connectivity index (χ2v) is 4.72. The molecule has 98 valence electrons. The van der Waals surface area contributed by atoms with Gasteiger partial charge in [0.15, 0.2) is 0 Å². The first-order chi connectivity index (χ1) is 8.86. The summed E-state index contributed by atoms with van der Waals surface area (Å²) in [6.45, 7) is 10.5. The predicted octanol–water partition coefficient (Wildman–Crippen LogP) is 3.34. The first-order valence-electron chi connectivity index (χ1n) is 7.12. The third kappa shape index (κ3) is 2.44. The largest absolute Gasteiger partial charge is 0.342 e. The zero-order valence-corrected chi connectivity index (χ0v) is 11.6. The molecule has 0 amide bonds. The summed E-state index contributed by atoms with van der Waals surface area (Å²) >= 11 is 0. The van der Waals surface area contributed by atoms with Crippen molar-refractivity contribution >= 4 is 5.69 Å². The van der Waals surface area contributed by atoms with Gasteiger partial charge in [0.1, 0.15) is 0 Å². The summed E-state index contributed by atoms with van der Waals surface area (Å²) in [5, 5.41) is 3.42. The number of nitrogens with zero attached hydrogens (tertiary/aromatic N) is 1. The van der Waals surface area contributed by atoms with Crippen molar-refractivity contribution in [3.8, 4) is 0 Å². The zero-order valence-electron chi connectivity index (χ0n) is 11.6. The van der Waals surface area contributed by atoms with Gasteiger partial charge in [-0.15, -0.1) is 0 Å². The molecular formula is C16H24N2. The maximum atomic E-state index is 4.23. The van der Waals surface area contributed by atoms with Gasteiger partial charge < -0.3 is 10.2 Å². The molecular weight excluding hydrogens is 220 g/mol. The van der Waals surface area contributed by atoms with Crippen molar-refractivity contribution in [2.75, 3.05) is 18.0 Å². The molecule has 2 aliphatic rings. The molecule has 0 aromatic heterocycles. The maximum absolute atomic E-state index is 4.23. The number of para-hydroxylation sites is 1. The fraction of sp³-hybridized carbons (Fsp3) is 0.500. The SMILES string of the molecule is C=C1Cc2ccccc2N1C1CCNCC1.CC. The van der Waals surface area contributed by atoms with E-state index in [1.165, 1.54) is 29.8 Å². The van der Waals surface area contributed by atoms with Gasteiger partial charge in [0, 0.05) is 23.8 Å². The number of piperidine rings is 1. The Balaban J connectivity index is 0.000000574. The average Bonchev–Trinajstić information content (AvgIpc) is 2.78. The van der Waals surface area contributed by atoms with E-state index in [9.17, 15) is 0 Å². The lowest BCUT2D eigenvalue weighted by Gasteiger charge is -2.34. The smallest absolute Gasteiger partial charge is 0.0447 e. The van der Waals surface area contributed by atoms with Gasteiger partial charge in [0.05, 0.1) is 0 Å². The van der Waals surface area contributed by atoms with E-state index in [0.717, 1.165) is 19.5 Å². The van der Waals surface area contributed by atoms with Crippen molar-refractivity contribution in [2.24, 2.45) is 0 Å². The van der Waals surface area contributed by atoms with Gasteiger partial charge in [-0.2, -0.15) is 0 Å². The van der Waals surface area contributed by atoms with Crippen LogP contribution in [-0.2, 0) is 6.42 Å². The number of fused-ring (bicyclic) bond motifs is 1. The highest BCUT2D eigenvalue weighted by Gasteiger charge is 2.29. The van der Waals surface area contributed by atoms with Gasteiger partial charge in [0.25, 0.3) is 0 Å². The van der Waals surface area contributed by atoms with Crippen molar-refractivity contribution in [2.45, 2.75) is 39.2 Å². The molecule has 1 aromatic carbocycles. The Morgan fingerprint density at radius 1 is 1.17 bits per heavy atom. The zero-order chi connectivity index (χ0) is 13.0. The van der Waals surface area contributed by atoms with Crippen molar-refractivity contribution in [1.29, 1.82) is 0 Å². The summed E-state index contributed by atoms with van der Waals surface area (Å²) in [5.74, 6) is 0. The minimum Gasteiger partial charge on any atom is -0.342 e. The molecule has 1 N–H and O–H groups in total. The molecule has 0 spiro atoms. The topological polar surface area (TPSA) is 15.3 Å². The number of nitrogens with one attached hydrogen (secondary N) is 1. The Bertz CT molecular complexity index is 405. The monoisotopic (exact) mass is 244 g/mol. The van der Waals surface area contributed by atoms with E-state index in [0.29, 0.717) is 6.04 Å². The molecule has 0 atom stereocenters. The van der Waals surface area contributed by atoms with E-state index in [1.807, 2.05) is 13.8 Å². The van der Waals surface area contributed by atoms with Gasteiger partial charge in [-0.05, 0) is 37.6 Å². The standard InChI is InChI=1S/C14H18N2.C2H6/c1-11-10-12-4-2-3-5-14(12)16(11)13-6-8-15-9-7-13;1-2/h2-5,13,15H,1,6-10H2;1-2H3. The Morgan fingerprint density at radius 2 is 1.83 bits per heavy atom. The van der Waals surface area contributed by atoms with E-state index >= 15 is 0 Å². The Morgan fingerprint density at radius 3 is 2.56 bits per heavy atom. The van der Waals surface area contributed by atoms with Crippen LogP contribution in [0.25, 0.3) is 0 Å². The molecule has 0 aliphatic carbocycles. The lowest BCUT2D eigenvalue weighted by Crippen LogP contribution is -2.41. The van der Waals surface area contributed by atoms with Crippen LogP contribution in [0.5, 0.6) is 0 Å². The third-order valence-electron chi connectivity index (χ3n) is 3.66. The average molecular weight is 244 g/mol. The Labute approximate surface area is 111 Å². The lowest BCUT2D eigenvalue weighted by atomic mass is 10.0. The van der Waals surface area contributed by atoms with Crippen LogP contribution in [0.1, 0.15) is 32.3 Å². The minimum atomic E-state index is 0.650. The number of rotatable bonds is 1. The van der Waals surface area contributed by atoms with Gasteiger partial charge in [-0.25, -0.2) is 0 Å². The van der Waals surface area contributed by atoms with Crippen molar-refractivity contribution in [3.63, 3.8) is 0 Å². The first kappa shape index (κ1) is 13.2. The van der Waals surface area contributed by atoms with Crippen LogP contribution < -0.4 is 10.2 Å². The molecule has 1 aromatic rings. The molecule has 0 unspecified atom stereocenters. The van der Waals surface area contributed by atoms with Crippen molar-refractivity contribution in [3.05, 3.63) is 42.1 Å². The summed E-state index contributed by atoms with van der Waals surface area (Å²) in [6.07, 6.45) is 3.49. The van der Waals surface area contributed by atoms with E-state index in [2.05, 4.69) is 41.1 Å². The quantitative estimate of drug-likeness (QED) is 0.815. The summed E-state index contributed by atoms with van der Waals surface area (Å²) in [5.41, 5.74) is 4.10. The van der Waals surface area contributed by atoms with Gasteiger partial charge in [-0.3, -0.25) is 0 Å². The van der Waals surface area contributed by atoms with E-state index < -0.39 is 0 Å². The van der Waals surface area contributed by atoms with Crippen LogP contribution in [-0.4, -0.2) is 19.1 Å². The predicted molar refractivity (Wildman–Crippen MR) is 79.0 cm³/mol. The van der Waals surface area contributed by atoms with E-state index in [-0.39, 0.29) is 0 Å². The van der Waals surface area contributed by atoms with Crippen LogP contribution in [0, 0.1) is 0 Å². The van der Waals surface area contributed by atoms with Crippen LogP contribution >= 0.6 is 0 Å². The molecule has 2 aliphatic heterocycles. The lowest BCUT2D eigenvalue weighted by molar-refractivity contribution is 0.447. The van der Waals surface area contributed by atoms with Crippen LogP contribution in [0.3, 0.4) is 0 Å². The molecule has 18 heavy (non-hydrogen) atoms. The molecule has 1 saturated heterocycles. The molecule has 0 radical (unpaired) electrons. The van der Waals surface area contributed by atoms with Crippen LogP contribution in [0.2, 0.25) is 0 Å². The van der Waals surface area contributed by atoms with Crippen molar-refractivity contribution < 1.29 is 0 Å². The Kier molecular flexibility index (Phi) is 4.43. The van der Waals surface area contributed by atoms with Crippen LogP contribution in [0.4, 0.5) is 5.69 Å². The number of allylic oxidation sites excluding steroid dienone is 1. The number of hydrogen-bond acceptors (Lipinski definition) is 2. The molecule has 0 saturated carbocycles. The van der Waals surface area contributed by atoms with Crippen LogP contribution in [0.15, 0.2) is 36.5 Å². The Hall–Kier alpha value is -1.28. The fourth-order valence-electron chi connectivity index (χ4n) is 2.89. The van der Waals surface area contributed by atoms with Gasteiger partial charge in [-0.1, -0.05) is 38.6 Å². The highest BCUT2D eigenvalue weighted by molar-refractivity contribution is 5.65. The molecule has 2 heterocycles. The van der Waals surface area contributed by atoms with Crippen molar-refractivity contribution in [1.82, 2.24) is 5.32 Å². The molecule has 2 heteroatoms. The van der Waals surface area contributed by atoms with Gasteiger partial charge in [0.2, 0.25) is 0 Å². The molecule has 1 fully saturated rings. The third-order valence-corrected chi connectivity index (χ3v) is 3.66. The van der Waals surface area contributed by atoms with Gasteiger partial charge >= 0.3 is 0 Å². The van der Waals surface area contributed by atoms with E-state index in [1.54, 1.807) is 0 Å². The molecule has 2 nitrogen and oxygen atoms in total. The number of benzene rings is 1. The summed E-state index contributed by atoms with van der Waals surface area (Å²) in [6, 6.07) is 9.36. The second kappa shape index (κ2) is 6.05. The normalized spacial score (nSPS) is 19.2. The summed E-state index contributed by atoms with van der Waals surface area (Å²) in [4.78, 5) is 2.47. The molecule has 3 rings (SSSR count).